The Labute approximate surface area is 235 Å². The molecule has 3 aromatic rings. The number of anilines is 1. The Morgan fingerprint density at radius 1 is 1.07 bits per heavy atom. The number of methoxy groups -OCH3 is 1. The number of ether oxygens (including phenoxy) is 3. The van der Waals surface area contributed by atoms with Gasteiger partial charge in [-0.2, -0.15) is 0 Å². The summed E-state index contributed by atoms with van der Waals surface area (Å²) in [5, 5.41) is 9.00. The monoisotopic (exact) mass is 589 g/mol. The molecular weight excluding hydrogens is 558 g/mol. The van der Waals surface area contributed by atoms with Gasteiger partial charge in [-0.05, 0) is 56.3 Å². The van der Waals surface area contributed by atoms with Gasteiger partial charge in [-0.1, -0.05) is 12.1 Å². The number of pyridine rings is 1. The van der Waals surface area contributed by atoms with Crippen LogP contribution in [0.15, 0.2) is 70.7 Å². The number of carboxylic acid groups (broad SMARTS) is 1. The van der Waals surface area contributed by atoms with Gasteiger partial charge in [0.2, 0.25) is 0 Å². The number of aliphatic imine (C=N–C) groups is 1. The average molecular weight is 590 g/mol. The van der Waals surface area contributed by atoms with Crippen LogP contribution in [-0.4, -0.2) is 60.7 Å². The minimum absolute atomic E-state index is 0.0554. The molecule has 2 aromatic carbocycles. The van der Waals surface area contributed by atoms with E-state index in [4.69, 9.17) is 19.3 Å². The van der Waals surface area contributed by atoms with Crippen LogP contribution in [0.5, 0.6) is 11.5 Å². The van der Waals surface area contributed by atoms with Crippen LogP contribution in [0.25, 0.3) is 0 Å². The number of carboxylic acids is 1. The maximum Gasteiger partial charge on any atom is 0.341 e. The fraction of sp³-hybridized carbons (Fsp3) is 0.296. The molecule has 0 saturated carbocycles. The van der Waals surface area contributed by atoms with Crippen molar-refractivity contribution >= 4 is 43.2 Å². The van der Waals surface area contributed by atoms with Crippen LogP contribution in [0.4, 0.5) is 11.4 Å². The highest BCUT2D eigenvalue weighted by Gasteiger charge is 2.18. The quantitative estimate of drug-likeness (QED) is 0.161. The highest BCUT2D eigenvalue weighted by molar-refractivity contribution is 7.99. The van der Waals surface area contributed by atoms with Crippen molar-refractivity contribution in [3.8, 4) is 11.5 Å². The predicted molar refractivity (Wildman–Crippen MR) is 152 cm³/mol. The van der Waals surface area contributed by atoms with Crippen molar-refractivity contribution in [2.24, 2.45) is 4.99 Å². The van der Waals surface area contributed by atoms with Gasteiger partial charge in [0, 0.05) is 31.9 Å². The number of aromatic nitrogens is 1. The Morgan fingerprint density at radius 3 is 2.50 bits per heavy atom. The molecule has 0 bridgehead atoms. The molecule has 40 heavy (non-hydrogen) atoms. The predicted octanol–water partition coefficient (Wildman–Crippen LogP) is 4.07. The van der Waals surface area contributed by atoms with Crippen molar-refractivity contribution in [2.75, 3.05) is 31.7 Å². The Hall–Kier alpha value is -3.81. The van der Waals surface area contributed by atoms with Gasteiger partial charge in [-0.3, -0.25) is 13.9 Å². The summed E-state index contributed by atoms with van der Waals surface area (Å²) in [4.78, 5) is 19.4. The normalized spacial score (nSPS) is 12.5. The molecule has 3 rings (SSSR count). The Bertz CT molecular complexity index is 1480. The smallest absolute Gasteiger partial charge is 0.341 e. The average Bonchev–Trinajstić information content (AvgIpc) is 2.93. The number of sulfonamides is 1. The first-order valence-corrected chi connectivity index (χ1v) is 15.0. The van der Waals surface area contributed by atoms with Crippen molar-refractivity contribution in [1.29, 1.82) is 0 Å². The molecule has 0 aliphatic carbocycles. The Balaban J connectivity index is 1.73. The molecule has 1 heterocycles. The third-order valence-electron chi connectivity index (χ3n) is 5.53. The van der Waals surface area contributed by atoms with Crippen molar-refractivity contribution in [3.63, 3.8) is 0 Å². The van der Waals surface area contributed by atoms with E-state index in [1.807, 2.05) is 6.92 Å². The molecule has 0 fully saturated rings. The largest absolute Gasteiger partial charge is 0.493 e. The molecule has 214 valence electrons. The molecular formula is C27H31N3O8S2. The van der Waals surface area contributed by atoms with E-state index >= 15 is 0 Å². The van der Waals surface area contributed by atoms with E-state index in [1.165, 1.54) is 24.3 Å². The molecule has 0 saturated heterocycles. The zero-order valence-electron chi connectivity index (χ0n) is 22.3. The second-order valence-corrected chi connectivity index (χ2v) is 11.7. The summed E-state index contributed by atoms with van der Waals surface area (Å²) in [6, 6.07) is 13.6. The minimum Gasteiger partial charge on any atom is -0.493 e. The summed E-state index contributed by atoms with van der Waals surface area (Å²) in [6.07, 6.45) is 2.34. The highest BCUT2D eigenvalue weighted by Crippen LogP contribution is 2.28. The lowest BCUT2D eigenvalue weighted by Gasteiger charge is -2.13. The standard InChI is InChI=1S/C27H31N3O8S2/c1-19-25(28-14-13-26(19)37-16-6-15-36-3)18-39(33)20(2)29-23-7-4-5-8-24(23)30-40(34,35)22-11-9-21(10-12-22)38-17-27(31)32/h4-5,7-14,30H,6,15-18H2,1-3H3,(H,31,32). The number of carbonyl (C=O) groups is 1. The summed E-state index contributed by atoms with van der Waals surface area (Å²) in [7, 11) is -3.92. The molecule has 11 nitrogen and oxygen atoms in total. The summed E-state index contributed by atoms with van der Waals surface area (Å²) in [5.74, 6) is -0.151. The van der Waals surface area contributed by atoms with Gasteiger partial charge < -0.3 is 19.3 Å². The molecule has 1 unspecified atom stereocenters. The topological polar surface area (TPSA) is 153 Å². The van der Waals surface area contributed by atoms with Gasteiger partial charge in [0.05, 0.1) is 45.1 Å². The van der Waals surface area contributed by atoms with Crippen LogP contribution in [0.1, 0.15) is 24.6 Å². The fourth-order valence-electron chi connectivity index (χ4n) is 3.42. The molecule has 1 atom stereocenters. The number of para-hydroxylation sites is 2. The van der Waals surface area contributed by atoms with Crippen molar-refractivity contribution < 1.29 is 36.7 Å². The lowest BCUT2D eigenvalue weighted by atomic mass is 10.2. The first kappa shape index (κ1) is 30.7. The summed E-state index contributed by atoms with van der Waals surface area (Å²) in [6.45, 7) is 3.99. The van der Waals surface area contributed by atoms with Crippen molar-refractivity contribution in [3.05, 3.63) is 72.1 Å². The molecule has 13 heteroatoms. The molecule has 1 aromatic heterocycles. The van der Waals surface area contributed by atoms with E-state index in [1.54, 1.807) is 50.6 Å². The molecule has 0 aliphatic rings. The second-order valence-electron chi connectivity index (χ2n) is 8.47. The first-order chi connectivity index (χ1) is 19.1. The zero-order valence-corrected chi connectivity index (χ0v) is 24.0. The van der Waals surface area contributed by atoms with E-state index in [9.17, 15) is 17.4 Å². The van der Waals surface area contributed by atoms with Crippen molar-refractivity contribution in [1.82, 2.24) is 4.98 Å². The Kier molecular flexibility index (Phi) is 11.2. The maximum absolute atomic E-state index is 13.1. The fourth-order valence-corrected chi connectivity index (χ4v) is 5.44. The van der Waals surface area contributed by atoms with E-state index in [-0.39, 0.29) is 22.1 Å². The maximum atomic E-state index is 13.1. The van der Waals surface area contributed by atoms with Gasteiger partial charge in [0.1, 0.15) is 16.5 Å². The summed E-state index contributed by atoms with van der Waals surface area (Å²) >= 11 is 0. The second kappa shape index (κ2) is 14.5. The molecule has 0 aliphatic heterocycles. The number of rotatable bonds is 14. The van der Waals surface area contributed by atoms with Crippen LogP contribution in [0.2, 0.25) is 0 Å². The van der Waals surface area contributed by atoms with E-state index in [0.717, 1.165) is 12.0 Å². The van der Waals surface area contributed by atoms with Gasteiger partial charge in [-0.25, -0.2) is 18.2 Å². The summed E-state index contributed by atoms with van der Waals surface area (Å²) < 4.78 is 57.5. The van der Waals surface area contributed by atoms with Crippen LogP contribution >= 0.6 is 0 Å². The molecule has 2 N–H and O–H groups in total. The highest BCUT2D eigenvalue weighted by atomic mass is 32.2. The van der Waals surface area contributed by atoms with Crippen LogP contribution in [0, 0.1) is 6.92 Å². The van der Waals surface area contributed by atoms with Gasteiger partial charge in [0.15, 0.2) is 6.61 Å². The Morgan fingerprint density at radius 2 is 1.80 bits per heavy atom. The van der Waals surface area contributed by atoms with Crippen molar-refractivity contribution in [2.45, 2.75) is 30.9 Å². The van der Waals surface area contributed by atoms with Gasteiger partial charge in [0.25, 0.3) is 10.0 Å². The lowest BCUT2D eigenvalue weighted by molar-refractivity contribution is -0.139. The van der Waals surface area contributed by atoms with Gasteiger partial charge in [-0.15, -0.1) is 0 Å². The molecule has 0 spiro atoms. The third kappa shape index (κ3) is 8.86. The minimum atomic E-state index is -4.01. The first-order valence-electron chi connectivity index (χ1n) is 12.2. The van der Waals surface area contributed by atoms with Crippen LogP contribution in [-0.2, 0) is 36.1 Å². The van der Waals surface area contributed by atoms with E-state index in [2.05, 4.69) is 14.7 Å². The number of hydrogen-bond acceptors (Lipinski definition) is 9. The number of aliphatic carboxylic acids is 1. The summed E-state index contributed by atoms with van der Waals surface area (Å²) in [5.41, 5.74) is 1.89. The molecule has 0 amide bonds. The van der Waals surface area contributed by atoms with Gasteiger partial charge >= 0.3 is 5.97 Å². The number of hydrogen-bond donors (Lipinski definition) is 2. The van der Waals surface area contributed by atoms with E-state index in [0.29, 0.717) is 35.4 Å². The van der Waals surface area contributed by atoms with Crippen LogP contribution < -0.4 is 14.2 Å². The zero-order chi connectivity index (χ0) is 29.1. The lowest BCUT2D eigenvalue weighted by Crippen LogP contribution is -2.14. The number of nitrogens with one attached hydrogen (secondary N) is 1. The number of benzene rings is 2. The van der Waals surface area contributed by atoms with Crippen LogP contribution in [0.3, 0.4) is 0 Å². The third-order valence-corrected chi connectivity index (χ3v) is 8.20. The molecule has 0 radical (unpaired) electrons. The van der Waals surface area contributed by atoms with E-state index < -0.39 is 33.4 Å². The SMILES string of the molecule is COCCCOc1ccnc(CS(=O)C(C)=Nc2ccccc2NS(=O)(=O)c2ccc(OCC(=O)O)cc2)c1C. The number of nitrogens with zero attached hydrogens (tertiary/aromatic N) is 2.